The average molecular weight is 375 g/mol. The molecular formula is C20H23ClN2OS. The van der Waals surface area contributed by atoms with E-state index in [-0.39, 0.29) is 24.2 Å². The van der Waals surface area contributed by atoms with Crippen LogP contribution in [0.15, 0.2) is 59.5 Å². The molecule has 0 spiro atoms. The maximum atomic E-state index is 13.1. The molecule has 2 heterocycles. The highest BCUT2D eigenvalue weighted by Crippen LogP contribution is 2.42. The highest BCUT2D eigenvalue weighted by Gasteiger charge is 2.39. The molecular weight excluding hydrogens is 352 g/mol. The van der Waals surface area contributed by atoms with Gasteiger partial charge in [0.15, 0.2) is 0 Å². The lowest BCUT2D eigenvalue weighted by atomic mass is 9.89. The monoisotopic (exact) mass is 374 g/mol. The maximum absolute atomic E-state index is 13.1. The first-order valence-corrected chi connectivity index (χ1v) is 9.52. The Kier molecular flexibility index (Phi) is 5.72. The minimum absolute atomic E-state index is 0. The van der Waals surface area contributed by atoms with Gasteiger partial charge in [-0.1, -0.05) is 48.5 Å². The summed E-state index contributed by atoms with van der Waals surface area (Å²) in [7, 11) is 0. The minimum atomic E-state index is -0.000789. The molecule has 5 heteroatoms. The smallest absolute Gasteiger partial charge is 0.231 e. The summed E-state index contributed by atoms with van der Waals surface area (Å²) in [5.74, 6) is 1.83. The highest BCUT2D eigenvalue weighted by molar-refractivity contribution is 7.99. The largest absolute Gasteiger partial charge is 0.341 e. The number of fused-ring (bicyclic) bond motifs is 1. The molecule has 132 valence electrons. The quantitative estimate of drug-likeness (QED) is 0.894. The molecule has 3 nitrogen and oxygen atoms in total. The van der Waals surface area contributed by atoms with Gasteiger partial charge < -0.3 is 10.6 Å². The predicted molar refractivity (Wildman–Crippen MR) is 105 cm³/mol. The van der Waals surface area contributed by atoms with Crippen molar-refractivity contribution in [1.82, 2.24) is 4.90 Å². The molecule has 0 saturated carbocycles. The molecule has 1 unspecified atom stereocenters. The third-order valence-corrected chi connectivity index (χ3v) is 6.46. The standard InChI is InChI=1S/C20H22N2OS.ClH/c21-10-15-11-22(12-17(15)14-6-2-1-3-7-14)20(23)18-13-24-19-9-5-4-8-16(18)19;/h1-9,15,17-18H,10-13,21H2;1H/t15-,17+,18?;/m1./s1. The Hall–Kier alpha value is -1.49. The summed E-state index contributed by atoms with van der Waals surface area (Å²) in [5, 5.41) is 0. The second-order valence-corrected chi connectivity index (χ2v) is 7.72. The van der Waals surface area contributed by atoms with Crippen molar-refractivity contribution in [3.05, 3.63) is 65.7 Å². The van der Waals surface area contributed by atoms with E-state index in [0.717, 1.165) is 18.8 Å². The van der Waals surface area contributed by atoms with Crippen molar-refractivity contribution in [2.45, 2.75) is 16.7 Å². The molecule has 3 atom stereocenters. The van der Waals surface area contributed by atoms with Crippen LogP contribution in [0.2, 0.25) is 0 Å². The summed E-state index contributed by atoms with van der Waals surface area (Å²) in [4.78, 5) is 16.4. The first-order valence-electron chi connectivity index (χ1n) is 8.53. The number of hydrogen-bond acceptors (Lipinski definition) is 3. The first-order chi connectivity index (χ1) is 11.8. The number of hydrogen-bond donors (Lipinski definition) is 1. The molecule has 1 saturated heterocycles. The lowest BCUT2D eigenvalue weighted by molar-refractivity contribution is -0.131. The maximum Gasteiger partial charge on any atom is 0.231 e. The Bertz CT molecular complexity index is 739. The van der Waals surface area contributed by atoms with Gasteiger partial charge in [0, 0.05) is 29.7 Å². The van der Waals surface area contributed by atoms with E-state index in [1.165, 1.54) is 16.0 Å². The molecule has 1 amide bonds. The first kappa shape index (κ1) is 18.3. The summed E-state index contributed by atoms with van der Waals surface area (Å²) in [6.07, 6.45) is 0. The summed E-state index contributed by atoms with van der Waals surface area (Å²) in [6.45, 7) is 2.19. The van der Waals surface area contributed by atoms with Crippen LogP contribution in [0.25, 0.3) is 0 Å². The lowest BCUT2D eigenvalue weighted by Gasteiger charge is -2.21. The van der Waals surface area contributed by atoms with Gasteiger partial charge in [0.1, 0.15) is 0 Å². The fourth-order valence-corrected chi connectivity index (χ4v) is 5.18. The Balaban J connectivity index is 0.00000182. The summed E-state index contributed by atoms with van der Waals surface area (Å²) < 4.78 is 0. The number of likely N-dealkylation sites (tertiary alicyclic amines) is 1. The van der Waals surface area contributed by atoms with E-state index < -0.39 is 0 Å². The van der Waals surface area contributed by atoms with Gasteiger partial charge in [0.25, 0.3) is 0 Å². The zero-order valence-electron chi connectivity index (χ0n) is 14.0. The molecule has 2 aliphatic heterocycles. The minimum Gasteiger partial charge on any atom is -0.341 e. The second kappa shape index (κ2) is 7.81. The molecule has 4 rings (SSSR count). The zero-order chi connectivity index (χ0) is 16.5. The number of benzene rings is 2. The highest BCUT2D eigenvalue weighted by atomic mass is 35.5. The third kappa shape index (κ3) is 3.43. The van der Waals surface area contributed by atoms with Crippen LogP contribution >= 0.6 is 24.2 Å². The fourth-order valence-electron chi connectivity index (χ4n) is 3.96. The topological polar surface area (TPSA) is 46.3 Å². The molecule has 0 radical (unpaired) electrons. The van der Waals surface area contributed by atoms with Gasteiger partial charge in [-0.3, -0.25) is 4.79 Å². The lowest BCUT2D eigenvalue weighted by Crippen LogP contribution is -2.34. The van der Waals surface area contributed by atoms with Crippen molar-refractivity contribution in [1.29, 1.82) is 0 Å². The van der Waals surface area contributed by atoms with E-state index in [1.807, 2.05) is 23.1 Å². The number of amides is 1. The van der Waals surface area contributed by atoms with E-state index in [0.29, 0.717) is 18.4 Å². The van der Waals surface area contributed by atoms with Crippen molar-refractivity contribution >= 4 is 30.1 Å². The summed E-state index contributed by atoms with van der Waals surface area (Å²) in [6, 6.07) is 18.8. The number of carbonyl (C=O) groups excluding carboxylic acids is 1. The van der Waals surface area contributed by atoms with Crippen LogP contribution in [0.4, 0.5) is 0 Å². The van der Waals surface area contributed by atoms with E-state index in [2.05, 4.69) is 36.4 Å². The van der Waals surface area contributed by atoms with Gasteiger partial charge in [-0.2, -0.15) is 0 Å². The molecule has 0 aromatic heterocycles. The van der Waals surface area contributed by atoms with Gasteiger partial charge in [0.2, 0.25) is 5.91 Å². The second-order valence-electron chi connectivity index (χ2n) is 6.66. The van der Waals surface area contributed by atoms with Gasteiger partial charge in [0.05, 0.1) is 5.92 Å². The van der Waals surface area contributed by atoms with Gasteiger partial charge in [-0.05, 0) is 29.7 Å². The Morgan fingerprint density at radius 1 is 1.08 bits per heavy atom. The number of carbonyl (C=O) groups is 1. The van der Waals surface area contributed by atoms with Crippen molar-refractivity contribution in [3.63, 3.8) is 0 Å². The molecule has 2 N–H and O–H groups in total. The Morgan fingerprint density at radius 2 is 1.80 bits per heavy atom. The molecule has 0 bridgehead atoms. The third-order valence-electron chi connectivity index (χ3n) is 5.28. The van der Waals surface area contributed by atoms with Crippen molar-refractivity contribution in [2.24, 2.45) is 11.7 Å². The van der Waals surface area contributed by atoms with Gasteiger partial charge in [-0.15, -0.1) is 24.2 Å². The summed E-state index contributed by atoms with van der Waals surface area (Å²) in [5.41, 5.74) is 8.50. The van der Waals surface area contributed by atoms with Gasteiger partial charge >= 0.3 is 0 Å². The number of nitrogens with two attached hydrogens (primary N) is 1. The number of nitrogens with zero attached hydrogens (tertiary/aromatic N) is 1. The Morgan fingerprint density at radius 3 is 2.56 bits per heavy atom. The van der Waals surface area contributed by atoms with E-state index in [9.17, 15) is 4.79 Å². The van der Waals surface area contributed by atoms with Crippen molar-refractivity contribution in [2.75, 3.05) is 25.4 Å². The Labute approximate surface area is 159 Å². The predicted octanol–water partition coefficient (Wildman–Crippen LogP) is 3.50. The van der Waals surface area contributed by atoms with Crippen LogP contribution in [-0.2, 0) is 4.79 Å². The normalized spacial score (nSPS) is 24.7. The van der Waals surface area contributed by atoms with Crippen LogP contribution in [0.1, 0.15) is 23.0 Å². The van der Waals surface area contributed by atoms with Crippen LogP contribution in [0.3, 0.4) is 0 Å². The van der Waals surface area contributed by atoms with Gasteiger partial charge in [-0.25, -0.2) is 0 Å². The van der Waals surface area contributed by atoms with Crippen LogP contribution < -0.4 is 5.73 Å². The molecule has 2 aromatic carbocycles. The molecule has 0 aliphatic carbocycles. The zero-order valence-corrected chi connectivity index (χ0v) is 15.6. The number of halogens is 1. The summed E-state index contributed by atoms with van der Waals surface area (Å²) >= 11 is 1.79. The molecule has 2 aromatic rings. The molecule has 25 heavy (non-hydrogen) atoms. The van der Waals surface area contributed by atoms with Crippen LogP contribution in [-0.4, -0.2) is 36.2 Å². The molecule has 2 aliphatic rings. The van der Waals surface area contributed by atoms with E-state index >= 15 is 0 Å². The van der Waals surface area contributed by atoms with Crippen LogP contribution in [0.5, 0.6) is 0 Å². The number of thioether (sulfide) groups is 1. The van der Waals surface area contributed by atoms with Crippen LogP contribution in [0, 0.1) is 5.92 Å². The number of rotatable bonds is 3. The van der Waals surface area contributed by atoms with E-state index in [1.54, 1.807) is 11.8 Å². The van der Waals surface area contributed by atoms with Crippen molar-refractivity contribution < 1.29 is 4.79 Å². The van der Waals surface area contributed by atoms with Crippen molar-refractivity contribution in [3.8, 4) is 0 Å². The van der Waals surface area contributed by atoms with E-state index in [4.69, 9.17) is 5.73 Å². The SMILES string of the molecule is Cl.NC[C@@H]1CN(C(=O)C2CSc3ccccc32)C[C@H]1c1ccccc1. The molecule has 1 fully saturated rings. The fraction of sp³-hybridized carbons (Fsp3) is 0.350. The average Bonchev–Trinajstić information content (AvgIpc) is 3.26.